The van der Waals surface area contributed by atoms with E-state index in [-0.39, 0.29) is 29.2 Å². The number of ether oxygens (including phenoxy) is 2. The van der Waals surface area contributed by atoms with Gasteiger partial charge < -0.3 is 24.6 Å². The van der Waals surface area contributed by atoms with Gasteiger partial charge in [0, 0.05) is 28.6 Å². The molecule has 1 fully saturated rings. The van der Waals surface area contributed by atoms with Gasteiger partial charge in [0.25, 0.3) is 5.91 Å². The van der Waals surface area contributed by atoms with Crippen molar-refractivity contribution in [1.29, 1.82) is 0 Å². The Labute approximate surface area is 227 Å². The zero-order chi connectivity index (χ0) is 27.7. The van der Waals surface area contributed by atoms with Gasteiger partial charge in [0.05, 0.1) is 5.69 Å². The summed E-state index contributed by atoms with van der Waals surface area (Å²) in [7, 11) is 0. The fourth-order valence-electron chi connectivity index (χ4n) is 4.81. The van der Waals surface area contributed by atoms with E-state index in [0.717, 1.165) is 18.2 Å². The third kappa shape index (κ3) is 5.53. The van der Waals surface area contributed by atoms with Crippen molar-refractivity contribution in [3.63, 3.8) is 0 Å². The summed E-state index contributed by atoms with van der Waals surface area (Å²) in [5.41, 5.74) is -0.835. The van der Waals surface area contributed by atoms with E-state index in [1.807, 2.05) is 0 Å². The van der Waals surface area contributed by atoms with Crippen molar-refractivity contribution in [1.82, 2.24) is 0 Å². The molecule has 0 aromatic heterocycles. The molecule has 0 bridgehead atoms. The summed E-state index contributed by atoms with van der Waals surface area (Å²) in [4.78, 5) is 26.7. The smallest absolute Gasteiger partial charge is 0.387 e. The number of aliphatic hydroxyl groups is 1. The second kappa shape index (κ2) is 10.6. The van der Waals surface area contributed by atoms with Gasteiger partial charge >= 0.3 is 12.3 Å². The maximum Gasteiger partial charge on any atom is 0.387 e. The molecule has 2 N–H and O–H groups in total. The molecule has 10 heteroatoms. The Hall–Kier alpha value is -4.13. The van der Waals surface area contributed by atoms with Gasteiger partial charge in [-0.25, -0.2) is 13.6 Å². The summed E-state index contributed by atoms with van der Waals surface area (Å²) in [5, 5.41) is 21.3. The molecule has 2 aliphatic rings. The zero-order valence-corrected chi connectivity index (χ0v) is 21.1. The molecular weight excluding hydrogens is 532 g/mol. The number of halogens is 3. The highest BCUT2D eigenvalue weighted by Crippen LogP contribution is 2.46. The lowest BCUT2D eigenvalue weighted by Gasteiger charge is -2.40. The van der Waals surface area contributed by atoms with Gasteiger partial charge in [-0.05, 0) is 67.8 Å². The van der Waals surface area contributed by atoms with Gasteiger partial charge in [0.15, 0.2) is 23.1 Å². The molecule has 39 heavy (non-hydrogen) atoms. The lowest BCUT2D eigenvalue weighted by Crippen LogP contribution is -2.48. The summed E-state index contributed by atoms with van der Waals surface area (Å²) in [6.07, 6.45) is -0.297. The van der Waals surface area contributed by atoms with Crippen molar-refractivity contribution < 1.29 is 38.1 Å². The molecule has 0 spiro atoms. The number of hydrogen-bond acceptors (Lipinski definition) is 5. The van der Waals surface area contributed by atoms with Gasteiger partial charge in [-0.15, -0.1) is 0 Å². The highest BCUT2D eigenvalue weighted by molar-refractivity contribution is 6.30. The number of carboxylic acids is 1. The molecule has 1 amide bonds. The Bertz CT molecular complexity index is 1520. The molecule has 0 saturated heterocycles. The average Bonchev–Trinajstić information content (AvgIpc) is 3.35. The molecule has 1 unspecified atom stereocenters. The number of rotatable bonds is 4. The maximum atomic E-state index is 14.1. The van der Waals surface area contributed by atoms with Crippen LogP contribution in [0.3, 0.4) is 0 Å². The van der Waals surface area contributed by atoms with E-state index >= 15 is 0 Å². The molecule has 1 aliphatic heterocycles. The van der Waals surface area contributed by atoms with Gasteiger partial charge in [-0.1, -0.05) is 35.6 Å². The topological polar surface area (TPSA) is 96.3 Å². The van der Waals surface area contributed by atoms with Crippen LogP contribution in [0.5, 0.6) is 11.5 Å². The van der Waals surface area contributed by atoms with Crippen molar-refractivity contribution in [2.75, 3.05) is 4.90 Å². The summed E-state index contributed by atoms with van der Waals surface area (Å²) in [5.74, 6) is 1.61. The fraction of sp³-hybridized carbons (Fsp3) is 0.241. The van der Waals surface area contributed by atoms with E-state index in [0.29, 0.717) is 29.8 Å². The van der Waals surface area contributed by atoms with Gasteiger partial charge in [0.1, 0.15) is 5.60 Å². The lowest BCUT2D eigenvalue weighted by atomic mass is 9.81. The SMILES string of the molecule is O=C(O)C1Oc2cccc(N(C(=O)c3ccc(F)c(F)c3)[C@@H]3CCC[C@](O)(C#Cc4cccc(Cl)c4)C3)c2O1. The number of benzene rings is 3. The minimum atomic E-state index is -1.62. The molecule has 3 aromatic carbocycles. The molecule has 7 nitrogen and oxygen atoms in total. The Morgan fingerprint density at radius 3 is 2.59 bits per heavy atom. The lowest BCUT2D eigenvalue weighted by molar-refractivity contribution is -0.154. The molecule has 0 radical (unpaired) electrons. The number of carbonyl (C=O) groups excluding carboxylic acids is 1. The number of amides is 1. The van der Waals surface area contributed by atoms with Crippen molar-refractivity contribution >= 4 is 29.2 Å². The molecule has 3 atom stereocenters. The van der Waals surface area contributed by atoms with Crippen LogP contribution in [-0.4, -0.2) is 40.0 Å². The fourth-order valence-corrected chi connectivity index (χ4v) is 5.00. The zero-order valence-electron chi connectivity index (χ0n) is 20.4. The number of fused-ring (bicyclic) bond motifs is 1. The molecule has 5 rings (SSSR count). The molecular formula is C29H22ClF2NO6. The Morgan fingerprint density at radius 2 is 1.85 bits per heavy atom. The third-order valence-corrected chi connectivity index (χ3v) is 6.83. The number of carboxylic acid groups (broad SMARTS) is 1. The Kier molecular flexibility index (Phi) is 7.17. The first-order valence-electron chi connectivity index (χ1n) is 12.1. The summed E-state index contributed by atoms with van der Waals surface area (Å²) >= 11 is 6.04. The van der Waals surface area contributed by atoms with Crippen LogP contribution in [-0.2, 0) is 4.79 Å². The predicted octanol–water partition coefficient (Wildman–Crippen LogP) is 5.17. The minimum Gasteiger partial charge on any atom is -0.476 e. The second-order valence-corrected chi connectivity index (χ2v) is 9.79. The van der Waals surface area contributed by atoms with Crippen LogP contribution in [0.15, 0.2) is 60.7 Å². The van der Waals surface area contributed by atoms with Crippen LogP contribution in [0.25, 0.3) is 0 Å². The first-order chi connectivity index (χ1) is 18.6. The first-order valence-corrected chi connectivity index (χ1v) is 12.5. The van der Waals surface area contributed by atoms with Crippen molar-refractivity contribution in [3.05, 3.63) is 88.4 Å². The van der Waals surface area contributed by atoms with E-state index in [9.17, 15) is 28.6 Å². The monoisotopic (exact) mass is 553 g/mol. The Balaban J connectivity index is 1.54. The molecule has 1 heterocycles. The predicted molar refractivity (Wildman–Crippen MR) is 138 cm³/mol. The normalized spacial score (nSPS) is 21.5. The number of hydrogen-bond donors (Lipinski definition) is 2. The third-order valence-electron chi connectivity index (χ3n) is 6.59. The number of nitrogens with zero attached hydrogens (tertiary/aromatic N) is 1. The van der Waals surface area contributed by atoms with E-state index in [4.69, 9.17) is 21.1 Å². The second-order valence-electron chi connectivity index (χ2n) is 9.36. The highest BCUT2D eigenvalue weighted by atomic mass is 35.5. The number of aliphatic carboxylic acids is 1. The minimum absolute atomic E-state index is 0.0139. The number of anilines is 1. The quantitative estimate of drug-likeness (QED) is 0.433. The van der Waals surface area contributed by atoms with Gasteiger partial charge in [-0.2, -0.15) is 0 Å². The summed E-state index contributed by atoms with van der Waals surface area (Å²) in [6, 6.07) is 13.6. The largest absolute Gasteiger partial charge is 0.476 e. The van der Waals surface area contributed by atoms with E-state index in [2.05, 4.69) is 11.8 Å². The average molecular weight is 554 g/mol. The number of para-hydroxylation sites is 1. The van der Waals surface area contributed by atoms with E-state index < -0.39 is 41.4 Å². The highest BCUT2D eigenvalue weighted by Gasteiger charge is 2.41. The van der Waals surface area contributed by atoms with Crippen molar-refractivity contribution in [3.8, 4) is 23.3 Å². The molecule has 3 aromatic rings. The van der Waals surface area contributed by atoms with Crippen LogP contribution >= 0.6 is 11.6 Å². The van der Waals surface area contributed by atoms with Crippen LogP contribution in [0.4, 0.5) is 14.5 Å². The van der Waals surface area contributed by atoms with Crippen LogP contribution in [0.1, 0.15) is 41.6 Å². The Morgan fingerprint density at radius 1 is 1.05 bits per heavy atom. The van der Waals surface area contributed by atoms with Crippen LogP contribution < -0.4 is 14.4 Å². The molecule has 1 aliphatic carbocycles. The maximum absolute atomic E-state index is 14.1. The van der Waals surface area contributed by atoms with Gasteiger partial charge in [-0.3, -0.25) is 4.79 Å². The first kappa shape index (κ1) is 26.5. The van der Waals surface area contributed by atoms with Gasteiger partial charge in [0.2, 0.25) is 0 Å². The number of carbonyl (C=O) groups is 2. The van der Waals surface area contributed by atoms with Crippen molar-refractivity contribution in [2.24, 2.45) is 0 Å². The van der Waals surface area contributed by atoms with E-state index in [1.54, 1.807) is 30.3 Å². The molecule has 1 saturated carbocycles. The molecule has 200 valence electrons. The van der Waals surface area contributed by atoms with Crippen LogP contribution in [0, 0.1) is 23.5 Å². The van der Waals surface area contributed by atoms with E-state index in [1.165, 1.54) is 17.0 Å². The van der Waals surface area contributed by atoms with Crippen LogP contribution in [0.2, 0.25) is 5.02 Å². The summed E-state index contributed by atoms with van der Waals surface area (Å²) in [6.45, 7) is 0. The van der Waals surface area contributed by atoms with Crippen molar-refractivity contribution in [2.45, 2.75) is 43.6 Å². The summed E-state index contributed by atoms with van der Waals surface area (Å²) < 4.78 is 38.6. The standard InChI is InChI=1S/C29H22ClF2NO6/c30-19-5-1-4-17(14-19)11-13-29(37)12-3-6-20(16-29)33(26(34)18-9-10-21(31)22(32)15-18)23-7-2-8-24-25(23)39-28(38-24)27(35)36/h1-2,4-5,7-10,14-15,20,28,37H,3,6,12,16H2,(H,35,36)/t20-,28?,29+/m1/s1.